The van der Waals surface area contributed by atoms with Gasteiger partial charge in [-0.25, -0.2) is 0 Å². The van der Waals surface area contributed by atoms with E-state index in [2.05, 4.69) is 13.8 Å². The summed E-state index contributed by atoms with van der Waals surface area (Å²) in [6.07, 6.45) is 4.17. The quantitative estimate of drug-likeness (QED) is 0.549. The van der Waals surface area contributed by atoms with Gasteiger partial charge in [-0.15, -0.1) is 0 Å². The number of rotatable bonds is 5. The molecule has 0 aromatic carbocycles. The molecule has 0 fully saturated rings. The molecule has 0 amide bonds. The molecule has 0 aliphatic rings. The summed E-state index contributed by atoms with van der Waals surface area (Å²) in [5, 5.41) is 0. The lowest BCUT2D eigenvalue weighted by atomic mass is 10.3. The molecule has 0 aliphatic heterocycles. The molecule has 0 atom stereocenters. The molecule has 0 heterocycles. The van der Waals surface area contributed by atoms with Crippen molar-refractivity contribution in [1.29, 1.82) is 0 Å². The van der Waals surface area contributed by atoms with E-state index >= 15 is 0 Å². The molecule has 0 unspecified atom stereocenters. The Morgan fingerprint density at radius 1 is 1.00 bits per heavy atom. The fraction of sp³-hybridized carbons (Fsp3) is 1.00. The SMILES string of the molecule is C.C.CCCCCSCC. The summed E-state index contributed by atoms with van der Waals surface area (Å²) in [6.45, 7) is 4.47. The average molecular weight is 164 g/mol. The van der Waals surface area contributed by atoms with E-state index in [4.69, 9.17) is 0 Å². The Kier molecular flexibility index (Phi) is 27.1. The molecule has 0 N–H and O–H groups in total. The van der Waals surface area contributed by atoms with E-state index in [-0.39, 0.29) is 14.9 Å². The number of hydrogen-bond acceptors (Lipinski definition) is 1. The minimum atomic E-state index is 0. The van der Waals surface area contributed by atoms with Gasteiger partial charge in [0.25, 0.3) is 0 Å². The van der Waals surface area contributed by atoms with Crippen molar-refractivity contribution in [1.82, 2.24) is 0 Å². The van der Waals surface area contributed by atoms with Crippen molar-refractivity contribution in [2.45, 2.75) is 48.0 Å². The van der Waals surface area contributed by atoms with Crippen molar-refractivity contribution in [3.63, 3.8) is 0 Å². The predicted octanol–water partition coefficient (Wildman–Crippen LogP) is 4.20. The first-order chi connectivity index (χ1) is 3.91. The first-order valence-electron chi connectivity index (χ1n) is 3.49. The van der Waals surface area contributed by atoms with E-state index in [9.17, 15) is 0 Å². The maximum absolute atomic E-state index is 2.25. The highest BCUT2D eigenvalue weighted by Crippen LogP contribution is 2.04. The first-order valence-corrected chi connectivity index (χ1v) is 4.65. The van der Waals surface area contributed by atoms with E-state index < -0.39 is 0 Å². The summed E-state index contributed by atoms with van der Waals surface area (Å²) in [7, 11) is 0. The summed E-state index contributed by atoms with van der Waals surface area (Å²) >= 11 is 2.05. The molecule has 66 valence electrons. The highest BCUT2D eigenvalue weighted by Gasteiger charge is 1.83. The Hall–Kier alpha value is 0.350. The van der Waals surface area contributed by atoms with Crippen molar-refractivity contribution in [3.05, 3.63) is 0 Å². The van der Waals surface area contributed by atoms with E-state index in [1.54, 1.807) is 0 Å². The van der Waals surface area contributed by atoms with E-state index in [1.807, 2.05) is 11.8 Å². The lowest BCUT2D eigenvalue weighted by Gasteiger charge is -1.94. The van der Waals surface area contributed by atoms with Crippen LogP contribution in [-0.2, 0) is 0 Å². The van der Waals surface area contributed by atoms with Crippen LogP contribution in [0, 0.1) is 0 Å². The fourth-order valence-electron chi connectivity index (χ4n) is 0.598. The van der Waals surface area contributed by atoms with Gasteiger partial charge in [0.05, 0.1) is 0 Å². The second-order valence-corrected chi connectivity index (χ2v) is 3.30. The molecule has 0 radical (unpaired) electrons. The summed E-state index contributed by atoms with van der Waals surface area (Å²) < 4.78 is 0. The van der Waals surface area contributed by atoms with Crippen molar-refractivity contribution >= 4 is 11.8 Å². The van der Waals surface area contributed by atoms with Crippen LogP contribution < -0.4 is 0 Å². The van der Waals surface area contributed by atoms with Crippen LogP contribution in [0.1, 0.15) is 48.0 Å². The molecule has 0 bridgehead atoms. The van der Waals surface area contributed by atoms with Gasteiger partial charge in [-0.2, -0.15) is 11.8 Å². The van der Waals surface area contributed by atoms with Crippen LogP contribution in [0.2, 0.25) is 0 Å². The van der Waals surface area contributed by atoms with Crippen molar-refractivity contribution in [2.75, 3.05) is 11.5 Å². The molecule has 10 heavy (non-hydrogen) atoms. The van der Waals surface area contributed by atoms with Gasteiger partial charge < -0.3 is 0 Å². The van der Waals surface area contributed by atoms with Gasteiger partial charge in [-0.1, -0.05) is 41.5 Å². The van der Waals surface area contributed by atoms with E-state index in [0.717, 1.165) is 0 Å². The van der Waals surface area contributed by atoms with Crippen LogP contribution in [0.25, 0.3) is 0 Å². The second kappa shape index (κ2) is 16.2. The van der Waals surface area contributed by atoms with Crippen LogP contribution in [0.4, 0.5) is 0 Å². The molecule has 0 rings (SSSR count). The largest absolute Gasteiger partial charge is 0.162 e. The molecule has 0 saturated carbocycles. The third-order valence-corrected chi connectivity index (χ3v) is 2.08. The van der Waals surface area contributed by atoms with Crippen molar-refractivity contribution in [3.8, 4) is 0 Å². The first kappa shape index (κ1) is 16.7. The molecule has 1 heteroatoms. The number of thioether (sulfide) groups is 1. The standard InChI is InChI=1S/C7H16S.2CH4/c1-3-5-6-7-8-4-2;;/h3-7H2,1-2H3;2*1H4. The van der Waals surface area contributed by atoms with Gasteiger partial charge in [0.2, 0.25) is 0 Å². The van der Waals surface area contributed by atoms with Crippen LogP contribution in [0.5, 0.6) is 0 Å². The van der Waals surface area contributed by atoms with Gasteiger partial charge in [-0.3, -0.25) is 0 Å². The van der Waals surface area contributed by atoms with Crippen LogP contribution >= 0.6 is 11.8 Å². The monoisotopic (exact) mass is 164 g/mol. The zero-order valence-electron chi connectivity index (χ0n) is 5.94. The Labute approximate surface area is 71.8 Å². The van der Waals surface area contributed by atoms with Gasteiger partial charge >= 0.3 is 0 Å². The summed E-state index contributed by atoms with van der Waals surface area (Å²) in [4.78, 5) is 0. The molecular formula is C9H24S. The molecule has 0 aromatic heterocycles. The van der Waals surface area contributed by atoms with E-state index in [0.29, 0.717) is 0 Å². The minimum Gasteiger partial charge on any atom is -0.162 e. The maximum atomic E-state index is 2.25. The predicted molar refractivity (Wildman–Crippen MR) is 56.0 cm³/mol. The van der Waals surface area contributed by atoms with E-state index in [1.165, 1.54) is 30.8 Å². The summed E-state index contributed by atoms with van der Waals surface area (Å²) in [6, 6.07) is 0. The topological polar surface area (TPSA) is 0 Å². The lowest BCUT2D eigenvalue weighted by molar-refractivity contribution is 0.779. The van der Waals surface area contributed by atoms with Gasteiger partial charge in [-0.05, 0) is 17.9 Å². The third-order valence-electron chi connectivity index (χ3n) is 1.10. The molecule has 0 nitrogen and oxygen atoms in total. The zero-order chi connectivity index (χ0) is 6.24. The van der Waals surface area contributed by atoms with Crippen molar-refractivity contribution < 1.29 is 0 Å². The maximum Gasteiger partial charge on any atom is -0.00676 e. The Morgan fingerprint density at radius 3 is 2.00 bits per heavy atom. The lowest BCUT2D eigenvalue weighted by Crippen LogP contribution is -1.78. The zero-order valence-corrected chi connectivity index (χ0v) is 6.76. The smallest absolute Gasteiger partial charge is 0.00676 e. The van der Waals surface area contributed by atoms with Crippen LogP contribution in [-0.4, -0.2) is 11.5 Å². The van der Waals surface area contributed by atoms with Gasteiger partial charge in [0, 0.05) is 0 Å². The van der Waals surface area contributed by atoms with Gasteiger partial charge in [0.1, 0.15) is 0 Å². The highest BCUT2D eigenvalue weighted by atomic mass is 32.2. The van der Waals surface area contributed by atoms with Crippen LogP contribution in [0.3, 0.4) is 0 Å². The molecule has 0 aromatic rings. The Bertz CT molecular complexity index is 29.7. The fourth-order valence-corrected chi connectivity index (χ4v) is 1.30. The Balaban J connectivity index is -0.000000245. The molecular weight excluding hydrogens is 140 g/mol. The normalized spacial score (nSPS) is 7.80. The van der Waals surface area contributed by atoms with Gasteiger partial charge in [0.15, 0.2) is 0 Å². The molecule has 0 spiro atoms. The highest BCUT2D eigenvalue weighted by molar-refractivity contribution is 7.99. The third kappa shape index (κ3) is 15.8. The molecule has 0 saturated heterocycles. The van der Waals surface area contributed by atoms with Crippen LogP contribution in [0.15, 0.2) is 0 Å². The molecule has 0 aliphatic carbocycles. The number of hydrogen-bond donors (Lipinski definition) is 0. The summed E-state index contributed by atoms with van der Waals surface area (Å²) in [5.74, 6) is 2.65. The van der Waals surface area contributed by atoms with Crippen molar-refractivity contribution in [2.24, 2.45) is 0 Å². The Morgan fingerprint density at radius 2 is 1.60 bits per heavy atom. The second-order valence-electron chi connectivity index (χ2n) is 1.90. The minimum absolute atomic E-state index is 0. The number of unbranched alkanes of at least 4 members (excludes halogenated alkanes) is 2. The summed E-state index contributed by atoms with van der Waals surface area (Å²) in [5.41, 5.74) is 0. The average Bonchev–Trinajstić information content (AvgIpc) is 1.81.